The summed E-state index contributed by atoms with van der Waals surface area (Å²) < 4.78 is 5.41. The van der Waals surface area contributed by atoms with Gasteiger partial charge in [0.15, 0.2) is 0 Å². The van der Waals surface area contributed by atoms with Gasteiger partial charge < -0.3 is 15.0 Å². The minimum Gasteiger partial charge on any atom is -0.494 e. The van der Waals surface area contributed by atoms with E-state index in [4.69, 9.17) is 4.74 Å². The fourth-order valence-electron chi connectivity index (χ4n) is 2.86. The Bertz CT molecular complexity index is 731. The Morgan fingerprint density at radius 3 is 2.80 bits per heavy atom. The quantitative estimate of drug-likeness (QED) is 0.875. The monoisotopic (exact) mass is 339 g/mol. The molecule has 0 aliphatic carbocycles. The van der Waals surface area contributed by atoms with Crippen LogP contribution in [0.1, 0.15) is 18.9 Å². The molecule has 2 aromatic rings. The minimum atomic E-state index is -0.337. The van der Waals surface area contributed by atoms with Gasteiger partial charge in [0.05, 0.1) is 12.5 Å². The number of carbonyl (C=O) groups excluding carboxylic acids is 2. The number of pyridine rings is 1. The molecule has 1 aliphatic heterocycles. The number of hydrogen-bond donors (Lipinski definition) is 1. The second-order valence-corrected chi connectivity index (χ2v) is 5.91. The molecule has 1 aliphatic rings. The molecule has 1 fully saturated rings. The van der Waals surface area contributed by atoms with Crippen molar-refractivity contribution in [2.75, 3.05) is 18.1 Å². The smallest absolute Gasteiger partial charge is 0.227 e. The Morgan fingerprint density at radius 2 is 2.12 bits per heavy atom. The molecule has 25 heavy (non-hydrogen) atoms. The number of nitrogens with zero attached hydrogens (tertiary/aromatic N) is 2. The van der Waals surface area contributed by atoms with E-state index in [0.717, 1.165) is 17.0 Å². The predicted octanol–water partition coefficient (Wildman–Crippen LogP) is 2.15. The lowest BCUT2D eigenvalue weighted by atomic mass is 10.1. The Balaban J connectivity index is 1.58. The van der Waals surface area contributed by atoms with Gasteiger partial charge in [0.1, 0.15) is 5.75 Å². The molecule has 3 rings (SSSR count). The summed E-state index contributed by atoms with van der Waals surface area (Å²) >= 11 is 0. The van der Waals surface area contributed by atoms with Gasteiger partial charge in [0.2, 0.25) is 11.8 Å². The van der Waals surface area contributed by atoms with Crippen molar-refractivity contribution in [3.05, 3.63) is 54.4 Å². The van der Waals surface area contributed by atoms with E-state index in [1.165, 1.54) is 0 Å². The number of nitrogens with one attached hydrogen (secondary N) is 1. The molecule has 1 aromatic carbocycles. The third kappa shape index (κ3) is 4.15. The molecular formula is C19H21N3O3. The van der Waals surface area contributed by atoms with Crippen molar-refractivity contribution in [3.8, 4) is 5.75 Å². The number of benzene rings is 1. The van der Waals surface area contributed by atoms with Crippen LogP contribution in [-0.2, 0) is 16.1 Å². The van der Waals surface area contributed by atoms with E-state index in [2.05, 4.69) is 10.3 Å². The van der Waals surface area contributed by atoms with Gasteiger partial charge in [-0.1, -0.05) is 6.07 Å². The van der Waals surface area contributed by atoms with E-state index in [9.17, 15) is 9.59 Å². The normalized spacial score (nSPS) is 16.8. The maximum atomic E-state index is 12.3. The Labute approximate surface area is 146 Å². The molecule has 0 radical (unpaired) electrons. The molecule has 0 saturated carbocycles. The van der Waals surface area contributed by atoms with Crippen LogP contribution in [0.3, 0.4) is 0 Å². The highest BCUT2D eigenvalue weighted by Crippen LogP contribution is 2.27. The van der Waals surface area contributed by atoms with E-state index in [1.807, 2.05) is 43.3 Å². The lowest BCUT2D eigenvalue weighted by Gasteiger charge is -2.17. The summed E-state index contributed by atoms with van der Waals surface area (Å²) in [6.07, 6.45) is 3.63. The van der Waals surface area contributed by atoms with E-state index >= 15 is 0 Å². The molecule has 1 atom stereocenters. The van der Waals surface area contributed by atoms with Gasteiger partial charge in [-0.25, -0.2) is 0 Å². The first kappa shape index (κ1) is 17.0. The van der Waals surface area contributed by atoms with Crippen molar-refractivity contribution in [1.82, 2.24) is 10.3 Å². The summed E-state index contributed by atoms with van der Waals surface area (Å²) in [6, 6.07) is 11.1. The first-order valence-electron chi connectivity index (χ1n) is 8.37. The Kier molecular flexibility index (Phi) is 5.28. The molecule has 0 bridgehead atoms. The predicted molar refractivity (Wildman–Crippen MR) is 94.2 cm³/mol. The summed E-state index contributed by atoms with van der Waals surface area (Å²) in [7, 11) is 0. The highest BCUT2D eigenvalue weighted by molar-refractivity contribution is 6.00. The van der Waals surface area contributed by atoms with Crippen molar-refractivity contribution in [2.45, 2.75) is 19.9 Å². The molecule has 1 N–H and O–H groups in total. The first-order valence-corrected chi connectivity index (χ1v) is 8.37. The summed E-state index contributed by atoms with van der Waals surface area (Å²) in [4.78, 5) is 30.3. The average molecular weight is 339 g/mol. The van der Waals surface area contributed by atoms with E-state index in [1.54, 1.807) is 17.3 Å². The van der Waals surface area contributed by atoms with Gasteiger partial charge in [-0.3, -0.25) is 14.6 Å². The minimum absolute atomic E-state index is 0.0364. The van der Waals surface area contributed by atoms with Crippen molar-refractivity contribution < 1.29 is 14.3 Å². The third-order valence-corrected chi connectivity index (χ3v) is 4.14. The van der Waals surface area contributed by atoms with Crippen LogP contribution in [-0.4, -0.2) is 29.9 Å². The summed E-state index contributed by atoms with van der Waals surface area (Å²) in [5.41, 5.74) is 1.72. The van der Waals surface area contributed by atoms with Crippen LogP contribution >= 0.6 is 0 Å². The van der Waals surface area contributed by atoms with Crippen LogP contribution in [0.15, 0.2) is 48.8 Å². The molecule has 2 amide bonds. The van der Waals surface area contributed by atoms with Crippen LogP contribution < -0.4 is 15.0 Å². The lowest BCUT2D eigenvalue weighted by molar-refractivity contribution is -0.126. The summed E-state index contributed by atoms with van der Waals surface area (Å²) in [5, 5.41) is 2.88. The molecule has 2 heterocycles. The zero-order valence-corrected chi connectivity index (χ0v) is 14.1. The molecule has 1 saturated heterocycles. The van der Waals surface area contributed by atoms with Gasteiger partial charge in [-0.2, -0.15) is 0 Å². The largest absolute Gasteiger partial charge is 0.494 e. The number of rotatable bonds is 6. The van der Waals surface area contributed by atoms with Crippen LogP contribution in [0.2, 0.25) is 0 Å². The standard InChI is InChI=1S/C19H21N3O3/c1-2-25-17-7-5-16(6-8-17)22-13-15(10-18(22)23)19(24)21-12-14-4-3-9-20-11-14/h3-9,11,15H,2,10,12-13H2,1H3,(H,21,24)/t15-/m1/s1. The number of amides is 2. The molecule has 0 unspecified atom stereocenters. The maximum absolute atomic E-state index is 12.3. The fourth-order valence-corrected chi connectivity index (χ4v) is 2.86. The van der Waals surface area contributed by atoms with Crippen molar-refractivity contribution in [3.63, 3.8) is 0 Å². The third-order valence-electron chi connectivity index (χ3n) is 4.14. The first-order chi connectivity index (χ1) is 12.2. The highest BCUT2D eigenvalue weighted by Gasteiger charge is 2.34. The van der Waals surface area contributed by atoms with E-state index in [0.29, 0.717) is 19.7 Å². The average Bonchev–Trinajstić information content (AvgIpc) is 3.03. The summed E-state index contributed by atoms with van der Waals surface area (Å²) in [5.74, 6) is 0.288. The fraction of sp³-hybridized carbons (Fsp3) is 0.316. The second kappa shape index (κ2) is 7.79. The lowest BCUT2D eigenvalue weighted by Crippen LogP contribution is -2.32. The van der Waals surface area contributed by atoms with E-state index in [-0.39, 0.29) is 24.2 Å². The van der Waals surface area contributed by atoms with Gasteiger partial charge in [-0.05, 0) is 42.8 Å². The zero-order valence-electron chi connectivity index (χ0n) is 14.1. The highest BCUT2D eigenvalue weighted by atomic mass is 16.5. The molecule has 130 valence electrons. The van der Waals surface area contributed by atoms with Crippen LogP contribution in [0, 0.1) is 5.92 Å². The topological polar surface area (TPSA) is 71.5 Å². The number of carbonyl (C=O) groups is 2. The van der Waals surface area contributed by atoms with Crippen LogP contribution in [0.4, 0.5) is 5.69 Å². The van der Waals surface area contributed by atoms with Gasteiger partial charge >= 0.3 is 0 Å². The number of anilines is 1. The summed E-state index contributed by atoms with van der Waals surface area (Å²) in [6.45, 7) is 3.33. The zero-order chi connectivity index (χ0) is 17.6. The second-order valence-electron chi connectivity index (χ2n) is 5.91. The number of ether oxygens (including phenoxy) is 1. The van der Waals surface area contributed by atoms with Crippen LogP contribution in [0.5, 0.6) is 5.75 Å². The molecule has 6 nitrogen and oxygen atoms in total. The Morgan fingerprint density at radius 1 is 1.32 bits per heavy atom. The van der Waals surface area contributed by atoms with Crippen LogP contribution in [0.25, 0.3) is 0 Å². The molecule has 6 heteroatoms. The molecule has 0 spiro atoms. The Hall–Kier alpha value is -2.89. The number of aromatic nitrogens is 1. The maximum Gasteiger partial charge on any atom is 0.227 e. The molecular weight excluding hydrogens is 318 g/mol. The van der Waals surface area contributed by atoms with Gasteiger partial charge in [-0.15, -0.1) is 0 Å². The SMILES string of the molecule is CCOc1ccc(N2C[C@H](C(=O)NCc3cccnc3)CC2=O)cc1. The number of hydrogen-bond acceptors (Lipinski definition) is 4. The van der Waals surface area contributed by atoms with Crippen molar-refractivity contribution in [2.24, 2.45) is 5.92 Å². The van der Waals surface area contributed by atoms with E-state index < -0.39 is 0 Å². The van der Waals surface area contributed by atoms with Gasteiger partial charge in [0, 0.05) is 37.6 Å². The molecule has 1 aromatic heterocycles. The van der Waals surface area contributed by atoms with Gasteiger partial charge in [0.25, 0.3) is 0 Å². The van der Waals surface area contributed by atoms with Crippen molar-refractivity contribution >= 4 is 17.5 Å². The van der Waals surface area contributed by atoms with Crippen molar-refractivity contribution in [1.29, 1.82) is 0 Å².